The average Bonchev–Trinajstić information content (AvgIpc) is 2.88. The number of amides is 2. The Morgan fingerprint density at radius 3 is 2.63 bits per heavy atom. The van der Waals surface area contributed by atoms with E-state index in [1.165, 1.54) is 7.11 Å². The summed E-state index contributed by atoms with van der Waals surface area (Å²) in [6.45, 7) is 2.28. The molecule has 2 aromatic rings. The quantitative estimate of drug-likeness (QED) is 0.582. The Hall–Kier alpha value is -2.15. The number of carbonyl (C=O) groups is 2. The summed E-state index contributed by atoms with van der Waals surface area (Å²) in [4.78, 5) is 26.5. The van der Waals surface area contributed by atoms with Gasteiger partial charge in [0.15, 0.2) is 11.5 Å². The lowest BCUT2D eigenvalue weighted by Gasteiger charge is -2.13. The summed E-state index contributed by atoms with van der Waals surface area (Å²) in [5.74, 6) is 0.465. The maximum atomic E-state index is 12.7. The second kappa shape index (κ2) is 8.25. The van der Waals surface area contributed by atoms with Crippen molar-refractivity contribution in [2.75, 3.05) is 18.6 Å². The molecule has 0 atom stereocenters. The highest BCUT2D eigenvalue weighted by molar-refractivity contribution is 8.19. The van der Waals surface area contributed by atoms with Crippen LogP contribution in [-0.4, -0.2) is 24.9 Å². The molecule has 0 radical (unpaired) electrons. The van der Waals surface area contributed by atoms with Crippen molar-refractivity contribution in [3.63, 3.8) is 0 Å². The number of thioether (sulfide) groups is 1. The molecule has 27 heavy (non-hydrogen) atoms. The Kier molecular flexibility index (Phi) is 5.99. The number of rotatable bonds is 5. The van der Waals surface area contributed by atoms with E-state index in [1.807, 2.05) is 6.92 Å². The molecule has 0 aromatic heterocycles. The van der Waals surface area contributed by atoms with Crippen molar-refractivity contribution in [3.8, 4) is 11.5 Å². The Bertz CT molecular complexity index is 945. The number of carbonyl (C=O) groups excluding carboxylic acids is 2. The van der Waals surface area contributed by atoms with Crippen LogP contribution in [0, 0.1) is 0 Å². The zero-order chi connectivity index (χ0) is 19.6. The summed E-state index contributed by atoms with van der Waals surface area (Å²) in [6.07, 6.45) is 1.60. The topological polar surface area (TPSA) is 55.8 Å². The molecular weight excluding hydrogens is 409 g/mol. The fraction of sp³-hybridized carbons (Fsp3) is 0.158. The highest BCUT2D eigenvalue weighted by Gasteiger charge is 2.36. The van der Waals surface area contributed by atoms with E-state index in [9.17, 15) is 9.59 Å². The molecule has 140 valence electrons. The lowest BCUT2D eigenvalue weighted by atomic mass is 10.1. The molecule has 3 rings (SSSR count). The highest BCUT2D eigenvalue weighted by Crippen LogP contribution is 2.40. The fourth-order valence-electron chi connectivity index (χ4n) is 2.59. The van der Waals surface area contributed by atoms with E-state index in [4.69, 9.17) is 32.7 Å². The molecule has 1 heterocycles. The van der Waals surface area contributed by atoms with Crippen molar-refractivity contribution < 1.29 is 19.1 Å². The molecule has 1 aliphatic heterocycles. The third-order valence-corrected chi connectivity index (χ3v) is 5.08. The van der Waals surface area contributed by atoms with Gasteiger partial charge in [0.2, 0.25) is 0 Å². The number of methoxy groups -OCH3 is 1. The number of benzene rings is 2. The summed E-state index contributed by atoms with van der Waals surface area (Å²) >= 11 is 13.1. The molecule has 0 bridgehead atoms. The van der Waals surface area contributed by atoms with E-state index in [0.29, 0.717) is 39.4 Å². The molecule has 0 saturated carbocycles. The van der Waals surface area contributed by atoms with Crippen molar-refractivity contribution >= 4 is 57.9 Å². The summed E-state index contributed by atoms with van der Waals surface area (Å²) in [6, 6.07) is 9.94. The minimum absolute atomic E-state index is 0.281. The molecule has 0 unspecified atom stereocenters. The van der Waals surface area contributed by atoms with Gasteiger partial charge in [0, 0.05) is 5.02 Å². The van der Waals surface area contributed by atoms with Crippen molar-refractivity contribution in [2.45, 2.75) is 6.92 Å². The minimum atomic E-state index is -0.419. The zero-order valence-electron chi connectivity index (χ0n) is 14.5. The molecule has 0 N–H and O–H groups in total. The van der Waals surface area contributed by atoms with Crippen LogP contribution >= 0.6 is 35.0 Å². The van der Waals surface area contributed by atoms with Crippen LogP contribution in [0.3, 0.4) is 0 Å². The number of anilines is 1. The van der Waals surface area contributed by atoms with E-state index in [-0.39, 0.29) is 4.91 Å². The van der Waals surface area contributed by atoms with Crippen LogP contribution in [0.4, 0.5) is 10.5 Å². The smallest absolute Gasteiger partial charge is 0.298 e. The van der Waals surface area contributed by atoms with Gasteiger partial charge in [-0.25, -0.2) is 4.90 Å². The fourth-order valence-corrected chi connectivity index (χ4v) is 3.91. The predicted octanol–water partition coefficient (Wildman–Crippen LogP) is 5.64. The Morgan fingerprint density at radius 2 is 1.96 bits per heavy atom. The van der Waals surface area contributed by atoms with Gasteiger partial charge in [-0.05, 0) is 60.7 Å². The first-order valence-corrected chi connectivity index (χ1v) is 9.55. The van der Waals surface area contributed by atoms with Gasteiger partial charge in [0.25, 0.3) is 11.1 Å². The number of hydrogen-bond acceptors (Lipinski definition) is 5. The molecule has 1 saturated heterocycles. The van der Waals surface area contributed by atoms with E-state index in [2.05, 4.69) is 0 Å². The van der Waals surface area contributed by atoms with Gasteiger partial charge in [-0.3, -0.25) is 9.59 Å². The molecular formula is C19H15Cl2NO4S. The predicted molar refractivity (Wildman–Crippen MR) is 109 cm³/mol. The standard InChI is InChI=1S/C19H15Cl2NO4S/c1-3-26-15-8-11(7-14(21)17(15)25-2)9-16-18(23)22(19(24)27-16)13-6-4-5-12(20)10-13/h4-10H,3H2,1-2H3/b16-9+. The Morgan fingerprint density at radius 1 is 1.19 bits per heavy atom. The maximum Gasteiger partial charge on any atom is 0.298 e. The summed E-state index contributed by atoms with van der Waals surface area (Å²) in [5, 5.41) is 0.403. The molecule has 8 heteroatoms. The van der Waals surface area contributed by atoms with Crippen LogP contribution in [0.5, 0.6) is 11.5 Å². The number of nitrogens with zero attached hydrogens (tertiary/aromatic N) is 1. The number of ether oxygens (including phenoxy) is 2. The monoisotopic (exact) mass is 423 g/mol. The first-order chi connectivity index (χ1) is 12.9. The second-order valence-corrected chi connectivity index (χ2v) is 7.30. The minimum Gasteiger partial charge on any atom is -0.491 e. The van der Waals surface area contributed by atoms with Crippen LogP contribution in [0.1, 0.15) is 12.5 Å². The Labute approximate surface area is 170 Å². The van der Waals surface area contributed by atoms with Gasteiger partial charge in [-0.2, -0.15) is 0 Å². The van der Waals surface area contributed by atoms with Gasteiger partial charge in [0.05, 0.1) is 29.3 Å². The van der Waals surface area contributed by atoms with Crippen molar-refractivity contribution in [3.05, 3.63) is 56.9 Å². The van der Waals surface area contributed by atoms with Gasteiger partial charge in [-0.1, -0.05) is 29.3 Å². The lowest BCUT2D eigenvalue weighted by molar-refractivity contribution is -0.113. The van der Waals surface area contributed by atoms with E-state index in [0.717, 1.165) is 16.7 Å². The molecule has 0 spiro atoms. The molecule has 2 amide bonds. The van der Waals surface area contributed by atoms with Crippen LogP contribution in [0.25, 0.3) is 6.08 Å². The molecule has 1 aliphatic rings. The van der Waals surface area contributed by atoms with Crippen molar-refractivity contribution in [2.24, 2.45) is 0 Å². The van der Waals surface area contributed by atoms with Gasteiger partial charge < -0.3 is 9.47 Å². The van der Waals surface area contributed by atoms with Crippen molar-refractivity contribution in [1.29, 1.82) is 0 Å². The van der Waals surface area contributed by atoms with Gasteiger partial charge >= 0.3 is 0 Å². The highest BCUT2D eigenvalue weighted by atomic mass is 35.5. The summed E-state index contributed by atoms with van der Waals surface area (Å²) in [7, 11) is 1.50. The normalized spacial score (nSPS) is 15.6. The summed E-state index contributed by atoms with van der Waals surface area (Å²) in [5.41, 5.74) is 1.05. The molecule has 5 nitrogen and oxygen atoms in total. The van der Waals surface area contributed by atoms with E-state index in [1.54, 1.807) is 42.5 Å². The molecule has 2 aromatic carbocycles. The second-order valence-electron chi connectivity index (χ2n) is 5.46. The third-order valence-electron chi connectivity index (χ3n) is 3.69. The van der Waals surface area contributed by atoms with Crippen LogP contribution in [0.2, 0.25) is 10.0 Å². The number of halogens is 2. The Balaban J connectivity index is 1.96. The molecule has 0 aliphatic carbocycles. The van der Waals surface area contributed by atoms with Crippen molar-refractivity contribution in [1.82, 2.24) is 0 Å². The third kappa shape index (κ3) is 4.08. The largest absolute Gasteiger partial charge is 0.491 e. The number of hydrogen-bond donors (Lipinski definition) is 0. The summed E-state index contributed by atoms with van der Waals surface area (Å²) < 4.78 is 10.8. The lowest BCUT2D eigenvalue weighted by Crippen LogP contribution is -2.27. The average molecular weight is 424 g/mol. The first kappa shape index (κ1) is 19.6. The zero-order valence-corrected chi connectivity index (χ0v) is 16.8. The first-order valence-electron chi connectivity index (χ1n) is 7.98. The van der Waals surface area contributed by atoms with Crippen LogP contribution in [0.15, 0.2) is 41.3 Å². The maximum absolute atomic E-state index is 12.7. The van der Waals surface area contributed by atoms with Crippen LogP contribution < -0.4 is 14.4 Å². The van der Waals surface area contributed by atoms with Crippen LogP contribution in [-0.2, 0) is 4.79 Å². The number of imide groups is 1. The SMILES string of the molecule is CCOc1cc(/C=C2/SC(=O)N(c3cccc(Cl)c3)C2=O)cc(Cl)c1OC. The van der Waals surface area contributed by atoms with E-state index < -0.39 is 11.1 Å². The van der Waals surface area contributed by atoms with E-state index >= 15 is 0 Å². The van der Waals surface area contributed by atoms with Gasteiger partial charge in [-0.15, -0.1) is 0 Å². The van der Waals surface area contributed by atoms with Gasteiger partial charge in [0.1, 0.15) is 0 Å². The molecule has 1 fully saturated rings.